The molecule has 31 heavy (non-hydrogen) atoms. The monoisotopic (exact) mass is 432 g/mol. The van der Waals surface area contributed by atoms with Gasteiger partial charge in [-0.25, -0.2) is 4.79 Å². The number of carbonyl (C=O) groups is 1. The summed E-state index contributed by atoms with van der Waals surface area (Å²) in [5.74, 6) is 0. The number of anilines is 1. The number of ether oxygens (including phenoxy) is 2. The predicted molar refractivity (Wildman–Crippen MR) is 125 cm³/mol. The van der Waals surface area contributed by atoms with Crippen LogP contribution in [0.25, 0.3) is 0 Å². The number of hydrogen-bond donors (Lipinski definition) is 1. The fourth-order valence-corrected chi connectivity index (χ4v) is 4.33. The topological polar surface area (TPSA) is 57.3 Å². The summed E-state index contributed by atoms with van der Waals surface area (Å²) in [5.41, 5.74) is 2.64. The van der Waals surface area contributed by atoms with E-state index in [0.29, 0.717) is 13.2 Å². The fourth-order valence-electron chi connectivity index (χ4n) is 4.33. The molecule has 174 valence electrons. The SMILES string of the molecule is COCCOC1CCN(C(=O)NC(C)CCN2CCN(c3cccc(C)c3)CC2)CC1. The van der Waals surface area contributed by atoms with Gasteiger partial charge in [0.25, 0.3) is 0 Å². The van der Waals surface area contributed by atoms with Crippen molar-refractivity contribution in [3.05, 3.63) is 29.8 Å². The fraction of sp³-hybridized carbons (Fsp3) is 0.708. The lowest BCUT2D eigenvalue weighted by atomic mass is 10.1. The number of rotatable bonds is 9. The molecule has 2 amide bonds. The van der Waals surface area contributed by atoms with Crippen LogP contribution in [0.2, 0.25) is 0 Å². The Kier molecular flexibility index (Phi) is 9.43. The van der Waals surface area contributed by atoms with E-state index in [2.05, 4.69) is 53.2 Å². The first-order valence-corrected chi connectivity index (χ1v) is 11.7. The van der Waals surface area contributed by atoms with E-state index in [1.165, 1.54) is 11.3 Å². The minimum absolute atomic E-state index is 0.0621. The van der Waals surface area contributed by atoms with Crippen molar-refractivity contribution in [2.24, 2.45) is 0 Å². The maximum atomic E-state index is 12.6. The first kappa shape index (κ1) is 23.8. The van der Waals surface area contributed by atoms with Crippen molar-refractivity contribution in [2.45, 2.75) is 45.3 Å². The van der Waals surface area contributed by atoms with E-state index < -0.39 is 0 Å². The number of amides is 2. The smallest absolute Gasteiger partial charge is 0.317 e. The minimum Gasteiger partial charge on any atom is -0.382 e. The first-order chi connectivity index (χ1) is 15.0. The lowest BCUT2D eigenvalue weighted by Gasteiger charge is -2.37. The Balaban J connectivity index is 1.30. The number of carbonyl (C=O) groups excluding carboxylic acids is 1. The molecule has 0 saturated carbocycles. The molecule has 0 bridgehead atoms. The summed E-state index contributed by atoms with van der Waals surface area (Å²) in [7, 11) is 1.68. The van der Waals surface area contributed by atoms with Gasteiger partial charge in [0.1, 0.15) is 0 Å². The first-order valence-electron chi connectivity index (χ1n) is 11.7. The number of likely N-dealkylation sites (tertiary alicyclic amines) is 1. The van der Waals surface area contributed by atoms with Gasteiger partial charge in [-0.2, -0.15) is 0 Å². The van der Waals surface area contributed by atoms with E-state index in [9.17, 15) is 4.79 Å². The third-order valence-corrected chi connectivity index (χ3v) is 6.36. The van der Waals surface area contributed by atoms with Gasteiger partial charge < -0.3 is 24.6 Å². The highest BCUT2D eigenvalue weighted by atomic mass is 16.5. The van der Waals surface area contributed by atoms with Crippen LogP contribution in [0.15, 0.2) is 24.3 Å². The molecule has 0 aliphatic carbocycles. The standard InChI is InChI=1S/C24H40N4O3/c1-20-5-4-6-22(19-20)27-15-13-26(14-16-27)10-7-21(2)25-24(29)28-11-8-23(9-12-28)31-18-17-30-3/h4-6,19,21,23H,7-18H2,1-3H3,(H,25,29). The molecule has 1 atom stereocenters. The van der Waals surface area contributed by atoms with Crippen LogP contribution in [-0.2, 0) is 9.47 Å². The Morgan fingerprint density at radius 1 is 1.13 bits per heavy atom. The van der Waals surface area contributed by atoms with Gasteiger partial charge >= 0.3 is 6.03 Å². The number of methoxy groups -OCH3 is 1. The van der Waals surface area contributed by atoms with E-state index >= 15 is 0 Å². The van der Waals surface area contributed by atoms with Crippen molar-refractivity contribution in [2.75, 3.05) is 71.0 Å². The number of piperidine rings is 1. The molecule has 1 unspecified atom stereocenters. The second-order valence-corrected chi connectivity index (χ2v) is 8.86. The van der Waals surface area contributed by atoms with E-state index in [1.54, 1.807) is 7.11 Å². The van der Waals surface area contributed by atoms with Crippen LogP contribution in [0.3, 0.4) is 0 Å². The highest BCUT2D eigenvalue weighted by molar-refractivity contribution is 5.74. The Morgan fingerprint density at radius 2 is 1.87 bits per heavy atom. The van der Waals surface area contributed by atoms with Crippen LogP contribution in [0.1, 0.15) is 31.7 Å². The molecule has 2 saturated heterocycles. The summed E-state index contributed by atoms with van der Waals surface area (Å²) in [6, 6.07) is 8.99. The number of urea groups is 1. The third kappa shape index (κ3) is 7.66. The summed E-state index contributed by atoms with van der Waals surface area (Å²) in [6.45, 7) is 12.3. The molecule has 0 spiro atoms. The number of aryl methyl sites for hydroxylation is 1. The third-order valence-electron chi connectivity index (χ3n) is 6.36. The molecule has 0 aromatic heterocycles. The normalized spacial score (nSPS) is 19.5. The zero-order valence-corrected chi connectivity index (χ0v) is 19.5. The number of benzene rings is 1. The van der Waals surface area contributed by atoms with Crippen LogP contribution in [0.5, 0.6) is 0 Å². The molecule has 2 aliphatic rings. The van der Waals surface area contributed by atoms with E-state index in [4.69, 9.17) is 9.47 Å². The van der Waals surface area contributed by atoms with Gasteiger partial charge in [-0.15, -0.1) is 0 Å². The van der Waals surface area contributed by atoms with Crippen molar-refractivity contribution in [3.8, 4) is 0 Å². The van der Waals surface area contributed by atoms with Crippen LogP contribution < -0.4 is 10.2 Å². The lowest BCUT2D eigenvalue weighted by Crippen LogP contribution is -2.50. The maximum Gasteiger partial charge on any atom is 0.317 e. The molecule has 2 fully saturated rings. The molecule has 3 rings (SSSR count). The van der Waals surface area contributed by atoms with Crippen molar-refractivity contribution in [3.63, 3.8) is 0 Å². The van der Waals surface area contributed by atoms with Crippen molar-refractivity contribution >= 4 is 11.7 Å². The maximum absolute atomic E-state index is 12.6. The largest absolute Gasteiger partial charge is 0.382 e. The predicted octanol–water partition coefficient (Wildman–Crippen LogP) is 2.73. The molecular weight excluding hydrogens is 392 g/mol. The van der Waals surface area contributed by atoms with Crippen LogP contribution >= 0.6 is 0 Å². The van der Waals surface area contributed by atoms with Crippen molar-refractivity contribution in [1.82, 2.24) is 15.1 Å². The van der Waals surface area contributed by atoms with Gasteiger partial charge in [0, 0.05) is 64.7 Å². The van der Waals surface area contributed by atoms with Gasteiger partial charge in [-0.3, -0.25) is 4.90 Å². The van der Waals surface area contributed by atoms with Crippen molar-refractivity contribution < 1.29 is 14.3 Å². The average molecular weight is 433 g/mol. The summed E-state index contributed by atoms with van der Waals surface area (Å²) in [6.07, 6.45) is 3.02. The van der Waals surface area contributed by atoms with Crippen LogP contribution in [0.4, 0.5) is 10.5 Å². The average Bonchev–Trinajstić information content (AvgIpc) is 2.78. The molecule has 7 nitrogen and oxygen atoms in total. The summed E-state index contributed by atoms with van der Waals surface area (Å²) < 4.78 is 10.8. The molecule has 2 aliphatic heterocycles. The summed E-state index contributed by atoms with van der Waals surface area (Å²) in [4.78, 5) is 19.5. The van der Waals surface area contributed by atoms with Crippen molar-refractivity contribution in [1.29, 1.82) is 0 Å². The molecule has 7 heteroatoms. The van der Waals surface area contributed by atoms with Gasteiger partial charge in [0.05, 0.1) is 19.3 Å². The number of nitrogens with zero attached hydrogens (tertiary/aromatic N) is 3. The van der Waals surface area contributed by atoms with Crippen LogP contribution in [-0.4, -0.2) is 94.1 Å². The summed E-state index contributed by atoms with van der Waals surface area (Å²) >= 11 is 0. The lowest BCUT2D eigenvalue weighted by molar-refractivity contribution is -0.00930. The van der Waals surface area contributed by atoms with Gasteiger partial charge in [-0.1, -0.05) is 12.1 Å². The number of piperazine rings is 1. The number of nitrogens with one attached hydrogen (secondary N) is 1. The van der Waals surface area contributed by atoms with Gasteiger partial charge in [0.2, 0.25) is 0 Å². The van der Waals surface area contributed by atoms with Gasteiger partial charge in [-0.05, 0) is 50.8 Å². The van der Waals surface area contributed by atoms with Crippen LogP contribution in [0, 0.1) is 6.92 Å². The second-order valence-electron chi connectivity index (χ2n) is 8.86. The second kappa shape index (κ2) is 12.3. The Labute approximate surface area is 187 Å². The van der Waals surface area contributed by atoms with E-state index in [-0.39, 0.29) is 18.2 Å². The molecule has 1 aromatic carbocycles. The molecular formula is C24H40N4O3. The Bertz CT molecular complexity index is 671. The summed E-state index contributed by atoms with van der Waals surface area (Å²) in [5, 5.41) is 3.19. The molecule has 1 aromatic rings. The zero-order chi connectivity index (χ0) is 22.1. The molecule has 2 heterocycles. The highest BCUT2D eigenvalue weighted by Gasteiger charge is 2.24. The van der Waals surface area contributed by atoms with E-state index in [0.717, 1.165) is 65.1 Å². The van der Waals surface area contributed by atoms with E-state index in [1.807, 2.05) is 4.90 Å². The minimum atomic E-state index is 0.0621. The quantitative estimate of drug-likeness (QED) is 0.608. The van der Waals surface area contributed by atoms with Gasteiger partial charge in [0.15, 0.2) is 0 Å². The molecule has 1 N–H and O–H groups in total. The molecule has 0 radical (unpaired) electrons. The Hall–Kier alpha value is -1.83. The zero-order valence-electron chi connectivity index (χ0n) is 19.5. The highest BCUT2D eigenvalue weighted by Crippen LogP contribution is 2.18. The Morgan fingerprint density at radius 3 is 2.55 bits per heavy atom. The number of hydrogen-bond acceptors (Lipinski definition) is 5.